The van der Waals surface area contributed by atoms with Crippen molar-refractivity contribution in [3.8, 4) is 5.75 Å². The van der Waals surface area contributed by atoms with E-state index < -0.39 is 0 Å². The van der Waals surface area contributed by atoms with Crippen LogP contribution in [0.1, 0.15) is 17.5 Å². The summed E-state index contributed by atoms with van der Waals surface area (Å²) in [6, 6.07) is 12.2. The Balaban J connectivity index is 1.32. The van der Waals surface area contributed by atoms with Crippen LogP contribution in [0.25, 0.3) is 0 Å². The molecule has 0 saturated carbocycles. The van der Waals surface area contributed by atoms with Gasteiger partial charge in [0.25, 0.3) is 5.91 Å². The molecule has 1 aliphatic rings. The second-order valence-electron chi connectivity index (χ2n) is 7.90. The molecule has 6 heteroatoms. The van der Waals surface area contributed by atoms with Gasteiger partial charge in [-0.3, -0.25) is 4.79 Å². The molecule has 0 radical (unpaired) electrons. The molecule has 1 fully saturated rings. The van der Waals surface area contributed by atoms with E-state index in [-0.39, 0.29) is 11.7 Å². The average molecular weight is 402 g/mol. The molecule has 2 aromatic carbocycles. The fraction of sp³-hybridized carbons (Fsp3) is 0.435. The third kappa shape index (κ3) is 6.54. The summed E-state index contributed by atoms with van der Waals surface area (Å²) < 4.78 is 18.6. The van der Waals surface area contributed by atoms with Gasteiger partial charge in [-0.2, -0.15) is 0 Å². The minimum atomic E-state index is -0.245. The van der Waals surface area contributed by atoms with Crippen LogP contribution in [-0.4, -0.2) is 51.8 Å². The smallest absolute Gasteiger partial charge is 0.279 e. The van der Waals surface area contributed by atoms with Crippen LogP contribution in [-0.2, 0) is 4.79 Å². The number of piperazine rings is 1. The van der Waals surface area contributed by atoms with Crippen molar-refractivity contribution in [1.82, 2.24) is 0 Å². The summed E-state index contributed by atoms with van der Waals surface area (Å²) in [6.07, 6.45) is 0.967. The Kier molecular flexibility index (Phi) is 7.61. The number of carbonyl (C=O) groups excluding carboxylic acids is 1. The highest BCUT2D eigenvalue weighted by Gasteiger charge is 2.24. The summed E-state index contributed by atoms with van der Waals surface area (Å²) in [6.45, 7) is 10.4. The van der Waals surface area contributed by atoms with Gasteiger partial charge in [-0.1, -0.05) is 18.2 Å². The first kappa shape index (κ1) is 21.3. The summed E-state index contributed by atoms with van der Waals surface area (Å²) in [7, 11) is 0. The van der Waals surface area contributed by atoms with Gasteiger partial charge in [-0.15, -0.1) is 0 Å². The first-order chi connectivity index (χ1) is 14.0. The summed E-state index contributed by atoms with van der Waals surface area (Å²) in [5.74, 6) is 0.559. The van der Waals surface area contributed by atoms with Crippen LogP contribution in [0.2, 0.25) is 0 Å². The maximum Gasteiger partial charge on any atom is 0.279 e. The van der Waals surface area contributed by atoms with Crippen molar-refractivity contribution in [2.24, 2.45) is 0 Å². The molecule has 3 N–H and O–H groups in total. The van der Waals surface area contributed by atoms with Crippen LogP contribution in [0, 0.1) is 19.7 Å². The molecule has 0 atom stereocenters. The number of para-hydroxylation sites is 1. The molecule has 1 heterocycles. The van der Waals surface area contributed by atoms with E-state index in [1.165, 1.54) is 17.0 Å². The molecule has 0 aliphatic carbocycles. The van der Waals surface area contributed by atoms with E-state index in [2.05, 4.69) is 5.32 Å². The lowest BCUT2D eigenvalue weighted by Gasteiger charge is -2.29. The van der Waals surface area contributed by atoms with Gasteiger partial charge in [0.1, 0.15) is 37.7 Å². The minimum Gasteiger partial charge on any atom is -0.493 e. The molecule has 1 aliphatic heterocycles. The van der Waals surface area contributed by atoms with E-state index in [1.807, 2.05) is 32.0 Å². The van der Waals surface area contributed by atoms with E-state index in [9.17, 15) is 9.18 Å². The standard InChI is InChI=1S/C23H30FN3O2/c1-18-5-3-6-19(2)23(18)25-22(28)17-27-14-12-26(13-15-27)11-4-16-29-21-9-7-20(24)8-10-21/h3,5-10H,4,11-17H2,1-2H3,(H,25,28)/p+2. The molecule has 0 bridgehead atoms. The van der Waals surface area contributed by atoms with E-state index >= 15 is 0 Å². The van der Waals surface area contributed by atoms with Crippen molar-refractivity contribution in [2.45, 2.75) is 20.3 Å². The fourth-order valence-electron chi connectivity index (χ4n) is 3.85. The number of hydrogen-bond acceptors (Lipinski definition) is 2. The molecule has 156 valence electrons. The number of nitrogens with one attached hydrogen (secondary N) is 3. The molecular formula is C23H32FN3O2+2. The zero-order chi connectivity index (χ0) is 20.6. The van der Waals surface area contributed by atoms with E-state index in [4.69, 9.17) is 4.74 Å². The maximum atomic E-state index is 12.9. The zero-order valence-corrected chi connectivity index (χ0v) is 17.4. The number of halogens is 1. The number of anilines is 1. The van der Waals surface area contributed by atoms with E-state index in [0.717, 1.165) is 56.0 Å². The largest absolute Gasteiger partial charge is 0.493 e. The molecule has 1 saturated heterocycles. The Labute approximate surface area is 172 Å². The number of hydrogen-bond donors (Lipinski definition) is 3. The van der Waals surface area contributed by atoms with Gasteiger partial charge in [0, 0.05) is 12.1 Å². The lowest BCUT2D eigenvalue weighted by atomic mass is 10.1. The lowest BCUT2D eigenvalue weighted by molar-refractivity contribution is -1.01. The normalized spacial score (nSPS) is 19.0. The monoisotopic (exact) mass is 401 g/mol. The molecular weight excluding hydrogens is 369 g/mol. The second kappa shape index (κ2) is 10.4. The molecule has 0 spiro atoms. The number of carbonyl (C=O) groups is 1. The number of quaternary nitrogens is 2. The first-order valence-corrected chi connectivity index (χ1v) is 10.4. The Morgan fingerprint density at radius 3 is 2.28 bits per heavy atom. The Morgan fingerprint density at radius 1 is 1.00 bits per heavy atom. The fourth-order valence-corrected chi connectivity index (χ4v) is 3.85. The number of ether oxygens (including phenoxy) is 1. The van der Waals surface area contributed by atoms with Crippen molar-refractivity contribution in [3.05, 3.63) is 59.4 Å². The molecule has 0 unspecified atom stereocenters. The molecule has 3 rings (SSSR count). The SMILES string of the molecule is Cc1cccc(C)c1NC(=O)C[NH+]1CC[NH+](CCCOc2ccc(F)cc2)CC1. The minimum absolute atomic E-state index is 0.0912. The van der Waals surface area contributed by atoms with Gasteiger partial charge in [0.2, 0.25) is 0 Å². The van der Waals surface area contributed by atoms with E-state index in [0.29, 0.717) is 18.9 Å². The summed E-state index contributed by atoms with van der Waals surface area (Å²) in [5.41, 5.74) is 3.15. The van der Waals surface area contributed by atoms with Crippen molar-refractivity contribution >= 4 is 11.6 Å². The van der Waals surface area contributed by atoms with Crippen LogP contribution in [0.5, 0.6) is 5.75 Å². The van der Waals surface area contributed by atoms with Crippen molar-refractivity contribution < 1.29 is 23.7 Å². The van der Waals surface area contributed by atoms with Crippen LogP contribution in [0.3, 0.4) is 0 Å². The van der Waals surface area contributed by atoms with Gasteiger partial charge in [-0.25, -0.2) is 4.39 Å². The zero-order valence-electron chi connectivity index (χ0n) is 17.4. The predicted molar refractivity (Wildman–Crippen MR) is 112 cm³/mol. The van der Waals surface area contributed by atoms with Gasteiger partial charge in [-0.05, 0) is 49.2 Å². The summed E-state index contributed by atoms with van der Waals surface area (Å²) in [5, 5.41) is 3.09. The van der Waals surface area contributed by atoms with Gasteiger partial charge >= 0.3 is 0 Å². The summed E-state index contributed by atoms with van der Waals surface area (Å²) in [4.78, 5) is 15.4. The highest BCUT2D eigenvalue weighted by molar-refractivity contribution is 5.93. The Morgan fingerprint density at radius 2 is 1.62 bits per heavy atom. The van der Waals surface area contributed by atoms with Crippen LogP contribution in [0.15, 0.2) is 42.5 Å². The highest BCUT2D eigenvalue weighted by Crippen LogP contribution is 2.18. The van der Waals surface area contributed by atoms with Crippen molar-refractivity contribution in [1.29, 1.82) is 0 Å². The van der Waals surface area contributed by atoms with E-state index in [1.54, 1.807) is 17.0 Å². The van der Waals surface area contributed by atoms with Gasteiger partial charge < -0.3 is 19.9 Å². The van der Waals surface area contributed by atoms with Gasteiger partial charge in [0.05, 0.1) is 13.2 Å². The molecule has 2 aromatic rings. The van der Waals surface area contributed by atoms with Crippen molar-refractivity contribution in [3.63, 3.8) is 0 Å². The molecule has 1 amide bonds. The molecule has 0 aromatic heterocycles. The maximum absolute atomic E-state index is 12.9. The third-order valence-corrected chi connectivity index (χ3v) is 5.58. The van der Waals surface area contributed by atoms with Gasteiger partial charge in [0.15, 0.2) is 6.54 Å². The Bertz CT molecular complexity index is 782. The average Bonchev–Trinajstić information content (AvgIpc) is 2.71. The third-order valence-electron chi connectivity index (χ3n) is 5.58. The first-order valence-electron chi connectivity index (χ1n) is 10.4. The molecule has 5 nitrogen and oxygen atoms in total. The van der Waals surface area contributed by atoms with Crippen molar-refractivity contribution in [2.75, 3.05) is 51.2 Å². The number of amides is 1. The predicted octanol–water partition coefficient (Wildman–Crippen LogP) is 0.634. The quantitative estimate of drug-likeness (QED) is 0.569. The summed E-state index contributed by atoms with van der Waals surface area (Å²) >= 11 is 0. The topological polar surface area (TPSA) is 47.2 Å². The number of benzene rings is 2. The van der Waals surface area contributed by atoms with Crippen LogP contribution >= 0.6 is 0 Å². The van der Waals surface area contributed by atoms with Crippen LogP contribution < -0.4 is 19.9 Å². The van der Waals surface area contributed by atoms with Crippen LogP contribution in [0.4, 0.5) is 10.1 Å². The molecule has 29 heavy (non-hydrogen) atoms. The number of aryl methyl sites for hydroxylation is 2. The highest BCUT2D eigenvalue weighted by atomic mass is 19.1. The second-order valence-corrected chi connectivity index (χ2v) is 7.90. The Hall–Kier alpha value is -2.44. The number of rotatable bonds is 8. The lowest BCUT2D eigenvalue weighted by Crippen LogP contribution is -3.28.